The summed E-state index contributed by atoms with van der Waals surface area (Å²) >= 11 is 1.49. The predicted octanol–water partition coefficient (Wildman–Crippen LogP) is 3.17. The number of fused-ring (bicyclic) bond motifs is 2. The fraction of sp³-hybridized carbons (Fsp3) is 0.300. The van der Waals surface area contributed by atoms with Crippen LogP contribution in [0.15, 0.2) is 41.4 Å². The van der Waals surface area contributed by atoms with E-state index in [9.17, 15) is 4.79 Å². The van der Waals surface area contributed by atoms with E-state index in [0.717, 1.165) is 33.0 Å². The molecular formula is C20H20N2O4S. The summed E-state index contributed by atoms with van der Waals surface area (Å²) in [5.41, 5.74) is 1.91. The van der Waals surface area contributed by atoms with Crippen molar-refractivity contribution in [3.05, 3.63) is 46.8 Å². The predicted molar refractivity (Wildman–Crippen MR) is 104 cm³/mol. The summed E-state index contributed by atoms with van der Waals surface area (Å²) in [6.45, 7) is 3.85. The van der Waals surface area contributed by atoms with Crippen molar-refractivity contribution in [3.63, 3.8) is 0 Å². The normalized spacial score (nSPS) is 13.8. The molecule has 3 aromatic rings. The topological polar surface area (TPSA) is 62.1 Å². The number of aryl methyl sites for hydroxylation is 1. The Morgan fingerprint density at radius 1 is 1.19 bits per heavy atom. The Kier molecular flexibility index (Phi) is 4.85. The number of carbonyl (C=O) groups is 1. The van der Waals surface area contributed by atoms with Crippen molar-refractivity contribution >= 4 is 27.5 Å². The molecular weight excluding hydrogens is 364 g/mol. The Hall–Kier alpha value is -2.80. The third-order valence-electron chi connectivity index (χ3n) is 4.40. The first-order chi connectivity index (χ1) is 13.2. The fourth-order valence-corrected chi connectivity index (χ4v) is 4.18. The van der Waals surface area contributed by atoms with Crippen LogP contribution < -0.4 is 19.0 Å². The van der Waals surface area contributed by atoms with E-state index in [1.54, 1.807) is 7.11 Å². The zero-order valence-electron chi connectivity index (χ0n) is 15.2. The molecule has 0 saturated carbocycles. The SMILES string of the molecule is CCn1c(=NC(=O)Cc2ccc(OC)cc2)sc2cc3c(cc21)OCCO3. The second-order valence-corrected chi connectivity index (χ2v) is 7.13. The molecule has 0 aliphatic carbocycles. The molecule has 27 heavy (non-hydrogen) atoms. The lowest BCUT2D eigenvalue weighted by Gasteiger charge is -2.18. The van der Waals surface area contributed by atoms with Gasteiger partial charge in [0.15, 0.2) is 16.3 Å². The minimum Gasteiger partial charge on any atom is -0.497 e. The molecule has 140 valence electrons. The summed E-state index contributed by atoms with van der Waals surface area (Å²) in [5.74, 6) is 2.08. The van der Waals surface area contributed by atoms with E-state index in [-0.39, 0.29) is 12.3 Å². The van der Waals surface area contributed by atoms with Crippen molar-refractivity contribution in [2.45, 2.75) is 19.9 Å². The number of nitrogens with zero attached hydrogens (tertiary/aromatic N) is 2. The highest BCUT2D eigenvalue weighted by atomic mass is 32.1. The smallest absolute Gasteiger partial charge is 0.252 e. The molecule has 6 nitrogen and oxygen atoms in total. The molecule has 0 unspecified atom stereocenters. The number of thiazole rings is 1. The molecule has 0 spiro atoms. The number of methoxy groups -OCH3 is 1. The first-order valence-electron chi connectivity index (χ1n) is 8.81. The van der Waals surface area contributed by atoms with Crippen LogP contribution in [-0.4, -0.2) is 30.8 Å². The van der Waals surface area contributed by atoms with Gasteiger partial charge < -0.3 is 18.8 Å². The number of rotatable bonds is 4. The zero-order chi connectivity index (χ0) is 18.8. The first kappa shape index (κ1) is 17.6. The van der Waals surface area contributed by atoms with E-state index in [2.05, 4.69) is 4.99 Å². The van der Waals surface area contributed by atoms with E-state index in [4.69, 9.17) is 14.2 Å². The maximum Gasteiger partial charge on any atom is 0.252 e. The van der Waals surface area contributed by atoms with Gasteiger partial charge in [0.2, 0.25) is 0 Å². The van der Waals surface area contributed by atoms with Crippen molar-refractivity contribution < 1.29 is 19.0 Å². The lowest BCUT2D eigenvalue weighted by molar-refractivity contribution is -0.117. The van der Waals surface area contributed by atoms with Gasteiger partial charge in [-0.05, 0) is 24.6 Å². The minimum atomic E-state index is -0.175. The summed E-state index contributed by atoms with van der Waals surface area (Å²) < 4.78 is 19.5. The Balaban J connectivity index is 1.67. The molecule has 0 radical (unpaired) electrons. The number of hydrogen-bond donors (Lipinski definition) is 0. The van der Waals surface area contributed by atoms with Gasteiger partial charge >= 0.3 is 0 Å². The van der Waals surface area contributed by atoms with Gasteiger partial charge in [0.25, 0.3) is 5.91 Å². The summed E-state index contributed by atoms with van der Waals surface area (Å²) in [6.07, 6.45) is 0.255. The Labute approximate surface area is 160 Å². The van der Waals surface area contributed by atoms with Gasteiger partial charge in [0.1, 0.15) is 19.0 Å². The number of ether oxygens (including phenoxy) is 3. The summed E-state index contributed by atoms with van der Waals surface area (Å²) in [7, 11) is 1.62. The molecule has 0 fully saturated rings. The van der Waals surface area contributed by atoms with Crippen LogP contribution in [0.1, 0.15) is 12.5 Å². The lowest BCUT2D eigenvalue weighted by Crippen LogP contribution is -2.17. The molecule has 0 bridgehead atoms. The molecule has 1 aliphatic rings. The maximum absolute atomic E-state index is 12.5. The van der Waals surface area contributed by atoms with E-state index >= 15 is 0 Å². The van der Waals surface area contributed by atoms with Crippen molar-refractivity contribution in [2.75, 3.05) is 20.3 Å². The van der Waals surface area contributed by atoms with Gasteiger partial charge in [0.05, 0.1) is 23.7 Å². The van der Waals surface area contributed by atoms with Crippen LogP contribution in [0.3, 0.4) is 0 Å². The highest BCUT2D eigenvalue weighted by Crippen LogP contribution is 2.35. The average Bonchev–Trinajstić information content (AvgIpc) is 3.02. The molecule has 2 aromatic carbocycles. The van der Waals surface area contributed by atoms with E-state index < -0.39 is 0 Å². The molecule has 0 atom stereocenters. The van der Waals surface area contributed by atoms with Crippen LogP contribution in [0.4, 0.5) is 0 Å². The van der Waals surface area contributed by atoms with Gasteiger partial charge in [-0.25, -0.2) is 0 Å². The number of carbonyl (C=O) groups excluding carboxylic acids is 1. The Morgan fingerprint density at radius 3 is 2.56 bits per heavy atom. The molecule has 1 amide bonds. The quantitative estimate of drug-likeness (QED) is 0.693. The van der Waals surface area contributed by atoms with Crippen LogP contribution >= 0.6 is 11.3 Å². The fourth-order valence-electron chi connectivity index (χ4n) is 3.06. The Morgan fingerprint density at radius 2 is 1.89 bits per heavy atom. The number of hydrogen-bond acceptors (Lipinski definition) is 5. The number of aromatic nitrogens is 1. The van der Waals surface area contributed by atoms with Gasteiger partial charge in [0, 0.05) is 18.7 Å². The van der Waals surface area contributed by atoms with Crippen molar-refractivity contribution in [1.82, 2.24) is 4.57 Å². The van der Waals surface area contributed by atoms with Gasteiger partial charge in [-0.1, -0.05) is 23.5 Å². The van der Waals surface area contributed by atoms with Gasteiger partial charge in [-0.2, -0.15) is 4.99 Å². The second kappa shape index (κ2) is 7.44. The summed E-state index contributed by atoms with van der Waals surface area (Å²) in [5, 5.41) is 0. The molecule has 7 heteroatoms. The maximum atomic E-state index is 12.5. The van der Waals surface area contributed by atoms with Crippen molar-refractivity contribution in [3.8, 4) is 17.2 Å². The van der Waals surface area contributed by atoms with Crippen molar-refractivity contribution in [2.24, 2.45) is 4.99 Å². The lowest BCUT2D eigenvalue weighted by atomic mass is 10.1. The Bertz CT molecular complexity index is 1050. The monoisotopic (exact) mass is 384 g/mol. The highest BCUT2D eigenvalue weighted by molar-refractivity contribution is 7.16. The summed E-state index contributed by atoms with van der Waals surface area (Å²) in [4.78, 5) is 17.5. The first-order valence-corrected chi connectivity index (χ1v) is 9.63. The molecule has 2 heterocycles. The summed E-state index contributed by atoms with van der Waals surface area (Å²) in [6, 6.07) is 11.4. The minimum absolute atomic E-state index is 0.175. The van der Waals surface area contributed by atoms with Crippen LogP contribution in [0.25, 0.3) is 10.2 Å². The van der Waals surface area contributed by atoms with Crippen LogP contribution in [0.5, 0.6) is 17.2 Å². The average molecular weight is 384 g/mol. The highest BCUT2D eigenvalue weighted by Gasteiger charge is 2.16. The van der Waals surface area contributed by atoms with E-state index in [1.807, 2.05) is 47.9 Å². The van der Waals surface area contributed by atoms with Crippen LogP contribution in [0, 0.1) is 0 Å². The zero-order valence-corrected chi connectivity index (χ0v) is 16.0. The van der Waals surface area contributed by atoms with E-state index in [0.29, 0.717) is 24.6 Å². The molecule has 1 aliphatic heterocycles. The molecule has 0 N–H and O–H groups in total. The largest absolute Gasteiger partial charge is 0.497 e. The van der Waals surface area contributed by atoms with E-state index in [1.165, 1.54) is 11.3 Å². The molecule has 0 saturated heterocycles. The standard InChI is InChI=1S/C20H20N2O4S/c1-3-22-15-11-16-17(26-9-8-25-16)12-18(15)27-20(22)21-19(23)10-13-4-6-14(24-2)7-5-13/h4-7,11-12H,3,8-10H2,1-2H3. The van der Waals surface area contributed by atoms with Crippen LogP contribution in [0.2, 0.25) is 0 Å². The number of benzene rings is 2. The van der Waals surface area contributed by atoms with Crippen LogP contribution in [-0.2, 0) is 17.8 Å². The molecule has 4 rings (SSSR count). The van der Waals surface area contributed by atoms with Crippen molar-refractivity contribution in [1.29, 1.82) is 0 Å². The van der Waals surface area contributed by atoms with Gasteiger partial charge in [-0.3, -0.25) is 4.79 Å². The number of amides is 1. The third kappa shape index (κ3) is 3.55. The van der Waals surface area contributed by atoms with Gasteiger partial charge in [-0.15, -0.1) is 0 Å². The second-order valence-electron chi connectivity index (χ2n) is 6.12. The molecule has 1 aromatic heterocycles. The third-order valence-corrected chi connectivity index (χ3v) is 5.44.